The van der Waals surface area contributed by atoms with E-state index >= 15 is 0 Å². The lowest BCUT2D eigenvalue weighted by molar-refractivity contribution is 0.0637. The molecule has 2 rings (SSSR count). The number of aromatic nitrogens is 4. The zero-order chi connectivity index (χ0) is 9.42. The molecule has 0 amide bonds. The van der Waals surface area contributed by atoms with Gasteiger partial charge in [-0.3, -0.25) is 0 Å². The van der Waals surface area contributed by atoms with Crippen molar-refractivity contribution in [2.24, 2.45) is 0 Å². The summed E-state index contributed by atoms with van der Waals surface area (Å²) in [6.45, 7) is 0. The molecule has 0 atom stereocenters. The highest BCUT2D eigenvalue weighted by molar-refractivity contribution is 5.84. The molecular weight excluding hydrogens is 170 g/mol. The minimum atomic E-state index is 0.256. The Bertz CT molecular complexity index is 435. The number of hydrogen-bond acceptors (Lipinski definition) is 4. The molecule has 67 valence electrons. The maximum absolute atomic E-state index is 11.0. The number of rotatable bonds is 1. The predicted molar refractivity (Wildman–Crippen MR) is 45.7 cm³/mol. The zero-order valence-electron chi connectivity index (χ0n) is 7.30. The molecule has 2 aromatic heterocycles. The van der Waals surface area contributed by atoms with E-state index in [0.717, 1.165) is 5.69 Å². The fourth-order valence-corrected chi connectivity index (χ4v) is 1.16. The van der Waals surface area contributed by atoms with Gasteiger partial charge in [0, 0.05) is 20.3 Å². The van der Waals surface area contributed by atoms with Gasteiger partial charge in [-0.25, -0.2) is 4.98 Å². The molecule has 2 heterocycles. The van der Waals surface area contributed by atoms with Crippen LogP contribution < -0.4 is 4.90 Å². The first kappa shape index (κ1) is 7.78. The molecule has 0 aliphatic heterocycles. The molecule has 0 saturated carbocycles. The minimum Gasteiger partial charge on any atom is -0.376 e. The fraction of sp³-hybridized carbons (Fsp3) is 0.286. The molecule has 0 unspecified atom stereocenters. The minimum absolute atomic E-state index is 0.256. The normalized spacial score (nSPS) is 10.6. The van der Waals surface area contributed by atoms with Crippen molar-refractivity contribution in [3.8, 4) is 0 Å². The third-order valence-electron chi connectivity index (χ3n) is 1.77. The van der Waals surface area contributed by atoms with Crippen molar-refractivity contribution in [2.45, 2.75) is 0 Å². The monoisotopic (exact) mass is 178 g/mol. The summed E-state index contributed by atoms with van der Waals surface area (Å²) < 4.78 is 0. The summed E-state index contributed by atoms with van der Waals surface area (Å²) in [5.74, 6) is 0. The molecule has 0 fully saturated rings. The Balaban J connectivity index is 2.77. The maximum atomic E-state index is 11.0. The molecule has 6 heteroatoms. The van der Waals surface area contributed by atoms with Gasteiger partial charge in [-0.05, 0) is 16.1 Å². The standard InChI is InChI=1S/C7H8N5O/c1-11(2)5-3-4-8-7-6(5)9-10-12(7)13/h3-4H,1-2H3. The van der Waals surface area contributed by atoms with Gasteiger partial charge in [0.15, 0.2) is 5.52 Å². The SMILES string of the molecule is CN(C)c1ccnc2c1nnn2[O]. The summed E-state index contributed by atoms with van der Waals surface area (Å²) in [6.07, 6.45) is 1.56. The van der Waals surface area contributed by atoms with Crippen LogP contribution in [0.3, 0.4) is 0 Å². The molecular formula is C7H8N5O. The zero-order valence-corrected chi connectivity index (χ0v) is 7.30. The lowest BCUT2D eigenvalue weighted by Crippen LogP contribution is -2.09. The van der Waals surface area contributed by atoms with Crippen molar-refractivity contribution in [1.29, 1.82) is 0 Å². The highest BCUT2D eigenvalue weighted by Crippen LogP contribution is 2.19. The van der Waals surface area contributed by atoms with Crippen molar-refractivity contribution < 1.29 is 5.21 Å². The van der Waals surface area contributed by atoms with E-state index in [1.165, 1.54) is 0 Å². The highest BCUT2D eigenvalue weighted by atomic mass is 16.5. The first-order valence-electron chi connectivity index (χ1n) is 3.75. The third-order valence-corrected chi connectivity index (χ3v) is 1.77. The second-order valence-electron chi connectivity index (χ2n) is 2.86. The van der Waals surface area contributed by atoms with E-state index in [9.17, 15) is 5.21 Å². The van der Waals surface area contributed by atoms with E-state index in [4.69, 9.17) is 0 Å². The summed E-state index contributed by atoms with van der Waals surface area (Å²) in [5.41, 5.74) is 1.63. The highest BCUT2D eigenvalue weighted by Gasteiger charge is 2.11. The Labute approximate surface area is 74.4 Å². The van der Waals surface area contributed by atoms with Crippen LogP contribution in [0.4, 0.5) is 5.69 Å². The molecule has 0 saturated heterocycles. The van der Waals surface area contributed by atoms with E-state index in [1.54, 1.807) is 12.3 Å². The van der Waals surface area contributed by atoms with Crippen LogP contribution in [0.2, 0.25) is 0 Å². The Morgan fingerprint density at radius 1 is 1.46 bits per heavy atom. The van der Waals surface area contributed by atoms with Crippen LogP contribution in [0.1, 0.15) is 0 Å². The molecule has 0 spiro atoms. The average Bonchev–Trinajstić information content (AvgIpc) is 2.48. The molecule has 0 aromatic carbocycles. The fourth-order valence-electron chi connectivity index (χ4n) is 1.16. The largest absolute Gasteiger partial charge is 0.376 e. The predicted octanol–water partition coefficient (Wildman–Crippen LogP) is 0.0859. The van der Waals surface area contributed by atoms with E-state index in [-0.39, 0.29) is 5.65 Å². The van der Waals surface area contributed by atoms with E-state index < -0.39 is 0 Å². The summed E-state index contributed by atoms with van der Waals surface area (Å²) >= 11 is 0. The van der Waals surface area contributed by atoms with Crippen LogP contribution in [0.15, 0.2) is 12.3 Å². The van der Waals surface area contributed by atoms with Gasteiger partial charge in [0.2, 0.25) is 5.65 Å². The van der Waals surface area contributed by atoms with Crippen molar-refractivity contribution in [3.05, 3.63) is 12.3 Å². The number of hydrogen-bond donors (Lipinski definition) is 0. The first-order valence-corrected chi connectivity index (χ1v) is 3.75. The smallest absolute Gasteiger partial charge is 0.226 e. The Morgan fingerprint density at radius 3 is 2.92 bits per heavy atom. The second kappa shape index (κ2) is 2.58. The molecule has 0 aliphatic rings. The maximum Gasteiger partial charge on any atom is 0.226 e. The average molecular weight is 178 g/mol. The lowest BCUT2D eigenvalue weighted by Gasteiger charge is -2.10. The van der Waals surface area contributed by atoms with Crippen molar-refractivity contribution in [3.63, 3.8) is 0 Å². The van der Waals surface area contributed by atoms with E-state index in [1.807, 2.05) is 19.0 Å². The van der Waals surface area contributed by atoms with E-state index in [2.05, 4.69) is 15.3 Å². The Kier molecular flexibility index (Phi) is 1.54. The summed E-state index contributed by atoms with van der Waals surface area (Å²) in [4.78, 5) is 6.16. The van der Waals surface area contributed by atoms with Gasteiger partial charge in [-0.15, -0.1) is 10.3 Å². The summed E-state index contributed by atoms with van der Waals surface area (Å²) in [5, 5.41) is 18.1. The second-order valence-corrected chi connectivity index (χ2v) is 2.86. The summed E-state index contributed by atoms with van der Waals surface area (Å²) in [6, 6.07) is 1.79. The molecule has 6 nitrogen and oxygen atoms in total. The van der Waals surface area contributed by atoms with Crippen molar-refractivity contribution >= 4 is 16.9 Å². The number of nitrogens with zero attached hydrogens (tertiary/aromatic N) is 5. The molecule has 0 N–H and O–H groups in total. The van der Waals surface area contributed by atoms with Crippen molar-refractivity contribution in [2.75, 3.05) is 19.0 Å². The van der Waals surface area contributed by atoms with Gasteiger partial charge >= 0.3 is 0 Å². The van der Waals surface area contributed by atoms with Crippen LogP contribution in [-0.2, 0) is 5.21 Å². The van der Waals surface area contributed by atoms with Crippen molar-refractivity contribution in [1.82, 2.24) is 20.1 Å². The van der Waals surface area contributed by atoms with Crippen LogP contribution in [0, 0.1) is 0 Å². The van der Waals surface area contributed by atoms with Gasteiger partial charge in [0.25, 0.3) is 0 Å². The van der Waals surface area contributed by atoms with Crippen LogP contribution >= 0.6 is 0 Å². The first-order chi connectivity index (χ1) is 6.20. The number of fused-ring (bicyclic) bond motifs is 1. The van der Waals surface area contributed by atoms with Crippen LogP contribution in [-0.4, -0.2) is 34.2 Å². The van der Waals surface area contributed by atoms with Gasteiger partial charge in [0.1, 0.15) is 0 Å². The van der Waals surface area contributed by atoms with Crippen LogP contribution in [0.5, 0.6) is 0 Å². The molecule has 0 bridgehead atoms. The quantitative estimate of drug-likeness (QED) is 0.620. The van der Waals surface area contributed by atoms with E-state index in [0.29, 0.717) is 10.4 Å². The summed E-state index contributed by atoms with van der Waals surface area (Å²) in [7, 11) is 3.75. The van der Waals surface area contributed by atoms with Gasteiger partial charge < -0.3 is 4.90 Å². The topological polar surface area (TPSA) is 66.7 Å². The Hall–Kier alpha value is -1.85. The number of pyridine rings is 1. The van der Waals surface area contributed by atoms with Crippen LogP contribution in [0.25, 0.3) is 11.2 Å². The third kappa shape index (κ3) is 1.07. The molecule has 1 radical (unpaired) electrons. The Morgan fingerprint density at radius 2 is 2.23 bits per heavy atom. The number of anilines is 1. The lowest BCUT2D eigenvalue weighted by atomic mass is 10.3. The van der Waals surface area contributed by atoms with Gasteiger partial charge in [-0.1, -0.05) is 0 Å². The molecule has 13 heavy (non-hydrogen) atoms. The molecule has 2 aromatic rings. The van der Waals surface area contributed by atoms with Gasteiger partial charge in [-0.2, -0.15) is 0 Å². The molecule has 0 aliphatic carbocycles. The van der Waals surface area contributed by atoms with Gasteiger partial charge in [0.05, 0.1) is 5.69 Å².